The molecule has 1 unspecified atom stereocenters. The van der Waals surface area contributed by atoms with Crippen LogP contribution in [-0.2, 0) is 6.54 Å². The number of nitrogens with one attached hydrogen (secondary N) is 1. The third-order valence-corrected chi connectivity index (χ3v) is 3.84. The molecule has 0 radical (unpaired) electrons. The smallest absolute Gasteiger partial charge is 0.283 e. The molecule has 0 fully saturated rings. The molecule has 0 aliphatic rings. The van der Waals surface area contributed by atoms with E-state index in [1.165, 1.54) is 4.68 Å². The van der Waals surface area contributed by atoms with Crippen LogP contribution in [0, 0.1) is 0 Å². The SMILES string of the molecule is CCC(CCO)Nc1cnn(CCN(C)C)c(=O)c1Br. The van der Waals surface area contributed by atoms with Gasteiger partial charge in [0, 0.05) is 19.2 Å². The zero-order valence-corrected chi connectivity index (χ0v) is 13.9. The summed E-state index contributed by atoms with van der Waals surface area (Å²) in [5.74, 6) is 0. The van der Waals surface area contributed by atoms with Crippen molar-refractivity contribution < 1.29 is 5.11 Å². The van der Waals surface area contributed by atoms with E-state index >= 15 is 0 Å². The summed E-state index contributed by atoms with van der Waals surface area (Å²) in [5.41, 5.74) is 0.534. The van der Waals surface area contributed by atoms with E-state index in [-0.39, 0.29) is 18.2 Å². The summed E-state index contributed by atoms with van der Waals surface area (Å²) in [7, 11) is 3.91. The summed E-state index contributed by atoms with van der Waals surface area (Å²) < 4.78 is 1.94. The normalized spacial score (nSPS) is 12.7. The molecule has 7 heteroatoms. The Labute approximate surface area is 127 Å². The lowest BCUT2D eigenvalue weighted by Crippen LogP contribution is -2.30. The maximum atomic E-state index is 12.2. The summed E-state index contributed by atoms with van der Waals surface area (Å²) in [6.45, 7) is 3.47. The first kappa shape index (κ1) is 17.1. The Hall–Kier alpha value is -0.920. The topological polar surface area (TPSA) is 70.4 Å². The van der Waals surface area contributed by atoms with Gasteiger partial charge in [-0.1, -0.05) is 6.92 Å². The summed E-state index contributed by atoms with van der Waals surface area (Å²) in [5, 5.41) is 16.4. The minimum Gasteiger partial charge on any atom is -0.396 e. The van der Waals surface area contributed by atoms with Gasteiger partial charge in [-0.05, 0) is 42.9 Å². The van der Waals surface area contributed by atoms with Crippen LogP contribution < -0.4 is 10.9 Å². The molecule has 0 bridgehead atoms. The highest BCUT2D eigenvalue weighted by Gasteiger charge is 2.12. The van der Waals surface area contributed by atoms with Crippen molar-refractivity contribution in [3.63, 3.8) is 0 Å². The van der Waals surface area contributed by atoms with Gasteiger partial charge in [0.2, 0.25) is 0 Å². The summed E-state index contributed by atoms with van der Waals surface area (Å²) in [4.78, 5) is 14.2. The van der Waals surface area contributed by atoms with E-state index in [2.05, 4.69) is 26.3 Å². The van der Waals surface area contributed by atoms with Gasteiger partial charge in [0.15, 0.2) is 0 Å². The number of anilines is 1. The summed E-state index contributed by atoms with van der Waals surface area (Å²) in [6.07, 6.45) is 3.17. The van der Waals surface area contributed by atoms with Gasteiger partial charge in [-0.3, -0.25) is 4.79 Å². The van der Waals surface area contributed by atoms with Gasteiger partial charge >= 0.3 is 0 Å². The first-order valence-electron chi connectivity index (χ1n) is 6.77. The molecule has 2 N–H and O–H groups in total. The third kappa shape index (κ3) is 4.88. The highest BCUT2D eigenvalue weighted by molar-refractivity contribution is 9.10. The van der Waals surface area contributed by atoms with Crippen LogP contribution in [0.15, 0.2) is 15.5 Å². The highest BCUT2D eigenvalue weighted by Crippen LogP contribution is 2.18. The molecule has 114 valence electrons. The first-order valence-corrected chi connectivity index (χ1v) is 7.56. The Morgan fingerprint density at radius 3 is 2.80 bits per heavy atom. The number of aromatic nitrogens is 2. The van der Waals surface area contributed by atoms with Crippen molar-refractivity contribution in [2.75, 3.05) is 32.6 Å². The predicted molar refractivity (Wildman–Crippen MR) is 84.2 cm³/mol. The molecule has 20 heavy (non-hydrogen) atoms. The minimum atomic E-state index is -0.143. The molecule has 0 aliphatic heterocycles. The van der Waals surface area contributed by atoms with Crippen molar-refractivity contribution in [3.05, 3.63) is 21.0 Å². The lowest BCUT2D eigenvalue weighted by Gasteiger charge is -2.18. The number of hydrogen-bond acceptors (Lipinski definition) is 5. The van der Waals surface area contributed by atoms with E-state index in [1.807, 2.05) is 25.9 Å². The second-order valence-corrected chi connectivity index (χ2v) is 5.76. The fourth-order valence-corrected chi connectivity index (χ4v) is 2.20. The van der Waals surface area contributed by atoms with Gasteiger partial charge in [-0.25, -0.2) is 4.68 Å². The van der Waals surface area contributed by atoms with Gasteiger partial charge in [0.25, 0.3) is 5.56 Å². The van der Waals surface area contributed by atoms with Crippen molar-refractivity contribution in [1.29, 1.82) is 0 Å². The molecule has 1 atom stereocenters. The van der Waals surface area contributed by atoms with Crippen LogP contribution in [0.2, 0.25) is 0 Å². The maximum Gasteiger partial charge on any atom is 0.283 e. The Kier molecular flexibility index (Phi) is 7.18. The van der Waals surface area contributed by atoms with Crippen LogP contribution in [0.1, 0.15) is 19.8 Å². The molecular formula is C13H23BrN4O2. The fraction of sp³-hybridized carbons (Fsp3) is 0.692. The molecule has 0 saturated carbocycles. The Morgan fingerprint density at radius 2 is 2.25 bits per heavy atom. The average Bonchev–Trinajstić information content (AvgIpc) is 2.42. The number of nitrogens with zero attached hydrogens (tertiary/aromatic N) is 3. The Bertz CT molecular complexity index is 476. The molecule has 6 nitrogen and oxygen atoms in total. The Balaban J connectivity index is 2.85. The number of hydrogen-bond donors (Lipinski definition) is 2. The maximum absolute atomic E-state index is 12.2. The Morgan fingerprint density at radius 1 is 1.55 bits per heavy atom. The molecule has 0 saturated heterocycles. The fourth-order valence-electron chi connectivity index (χ4n) is 1.77. The van der Waals surface area contributed by atoms with Gasteiger partial charge < -0.3 is 15.3 Å². The van der Waals surface area contributed by atoms with Crippen molar-refractivity contribution in [2.24, 2.45) is 0 Å². The van der Waals surface area contributed by atoms with E-state index in [1.54, 1.807) is 6.20 Å². The lowest BCUT2D eigenvalue weighted by molar-refractivity contribution is 0.278. The van der Waals surface area contributed by atoms with E-state index in [9.17, 15) is 4.79 Å². The van der Waals surface area contributed by atoms with Crippen molar-refractivity contribution in [2.45, 2.75) is 32.4 Å². The van der Waals surface area contributed by atoms with Gasteiger partial charge in [0.1, 0.15) is 4.47 Å². The average molecular weight is 347 g/mol. The molecule has 0 amide bonds. The number of rotatable bonds is 8. The summed E-state index contributed by atoms with van der Waals surface area (Å²) >= 11 is 3.33. The minimum absolute atomic E-state index is 0.121. The number of aliphatic hydroxyl groups excluding tert-OH is 1. The van der Waals surface area contributed by atoms with E-state index in [4.69, 9.17) is 5.11 Å². The standard InChI is InChI=1S/C13H23BrN4O2/c1-4-10(5-8-19)16-11-9-15-18(7-6-17(2)3)13(20)12(11)14/h9-10,16,19H,4-8H2,1-3H3. The molecule has 0 aliphatic carbocycles. The second-order valence-electron chi connectivity index (χ2n) is 4.97. The molecule has 1 aromatic heterocycles. The van der Waals surface area contributed by atoms with Gasteiger partial charge in [0.05, 0.1) is 18.4 Å². The monoisotopic (exact) mass is 346 g/mol. The second kappa shape index (κ2) is 8.39. The largest absolute Gasteiger partial charge is 0.396 e. The van der Waals surface area contributed by atoms with Crippen LogP contribution in [0.4, 0.5) is 5.69 Å². The van der Waals surface area contributed by atoms with Crippen LogP contribution in [0.25, 0.3) is 0 Å². The quantitative estimate of drug-likeness (QED) is 0.738. The number of likely N-dealkylation sites (N-methyl/N-ethyl adjacent to an activating group) is 1. The van der Waals surface area contributed by atoms with E-state index in [0.717, 1.165) is 13.0 Å². The van der Waals surface area contributed by atoms with Gasteiger partial charge in [-0.2, -0.15) is 5.10 Å². The first-order chi connectivity index (χ1) is 9.49. The third-order valence-electron chi connectivity index (χ3n) is 3.07. The van der Waals surface area contributed by atoms with Crippen molar-refractivity contribution in [3.8, 4) is 0 Å². The number of aliphatic hydroxyl groups is 1. The summed E-state index contributed by atoms with van der Waals surface area (Å²) in [6, 6.07) is 0.134. The zero-order chi connectivity index (χ0) is 15.1. The van der Waals surface area contributed by atoms with Gasteiger partial charge in [-0.15, -0.1) is 0 Å². The van der Waals surface area contributed by atoms with Crippen LogP contribution in [-0.4, -0.2) is 53.1 Å². The van der Waals surface area contributed by atoms with Crippen LogP contribution in [0.3, 0.4) is 0 Å². The molecule has 1 heterocycles. The zero-order valence-electron chi connectivity index (χ0n) is 12.3. The van der Waals surface area contributed by atoms with E-state index < -0.39 is 0 Å². The van der Waals surface area contributed by atoms with Crippen molar-refractivity contribution >= 4 is 21.6 Å². The van der Waals surface area contributed by atoms with Crippen LogP contribution in [0.5, 0.6) is 0 Å². The predicted octanol–water partition coefficient (Wildman–Crippen LogP) is 1.14. The molecule has 1 rings (SSSR count). The van der Waals surface area contributed by atoms with Crippen LogP contribution >= 0.6 is 15.9 Å². The molecular weight excluding hydrogens is 324 g/mol. The van der Waals surface area contributed by atoms with E-state index in [0.29, 0.717) is 23.1 Å². The molecule has 0 aromatic carbocycles. The number of halogens is 1. The highest BCUT2D eigenvalue weighted by atomic mass is 79.9. The lowest BCUT2D eigenvalue weighted by atomic mass is 10.1. The molecule has 0 spiro atoms. The van der Waals surface area contributed by atoms with Crippen molar-refractivity contribution in [1.82, 2.24) is 14.7 Å². The molecule has 1 aromatic rings.